The predicted octanol–water partition coefficient (Wildman–Crippen LogP) is 2.34. The molecular formula is C13H21N5. The van der Waals surface area contributed by atoms with Gasteiger partial charge in [0.25, 0.3) is 0 Å². The average Bonchev–Trinajstić information content (AvgIpc) is 2.26. The molecule has 5 nitrogen and oxygen atoms in total. The molecule has 18 heavy (non-hydrogen) atoms. The minimum atomic E-state index is -0.644. The van der Waals surface area contributed by atoms with Crippen molar-refractivity contribution >= 4 is 11.6 Å². The molecule has 0 fully saturated rings. The summed E-state index contributed by atoms with van der Waals surface area (Å²) >= 11 is 0. The first-order chi connectivity index (χ1) is 8.25. The topological polar surface area (TPSA) is 64.8 Å². The standard InChI is InChI=1S/C13H21N5/c1-9(2)18(6)12-7-11(15-10(3)16-12)17-13(4,5)8-14/h7,9H,1-6H3,(H,15,16,17). The van der Waals surface area contributed by atoms with Crippen molar-refractivity contribution in [2.24, 2.45) is 0 Å². The molecule has 0 amide bonds. The predicted molar refractivity (Wildman–Crippen MR) is 73.6 cm³/mol. The van der Waals surface area contributed by atoms with Crippen LogP contribution in [-0.2, 0) is 0 Å². The Labute approximate surface area is 109 Å². The Balaban J connectivity index is 3.06. The Morgan fingerprint density at radius 1 is 1.39 bits per heavy atom. The van der Waals surface area contributed by atoms with Crippen molar-refractivity contribution in [3.05, 3.63) is 11.9 Å². The molecule has 1 aromatic rings. The van der Waals surface area contributed by atoms with Crippen LogP contribution in [0.4, 0.5) is 11.6 Å². The SMILES string of the molecule is Cc1nc(NC(C)(C)C#N)cc(N(C)C(C)C)n1. The van der Waals surface area contributed by atoms with E-state index in [4.69, 9.17) is 5.26 Å². The summed E-state index contributed by atoms with van der Waals surface area (Å²) in [5.74, 6) is 2.22. The quantitative estimate of drug-likeness (QED) is 0.884. The van der Waals surface area contributed by atoms with Crippen molar-refractivity contribution in [1.29, 1.82) is 5.26 Å². The summed E-state index contributed by atoms with van der Waals surface area (Å²) in [4.78, 5) is 10.8. The van der Waals surface area contributed by atoms with E-state index in [1.165, 1.54) is 0 Å². The molecule has 0 saturated carbocycles. The molecule has 0 saturated heterocycles. The number of aromatic nitrogens is 2. The van der Waals surface area contributed by atoms with Crippen LogP contribution in [0, 0.1) is 18.3 Å². The molecule has 1 heterocycles. The zero-order valence-corrected chi connectivity index (χ0v) is 11.9. The Morgan fingerprint density at radius 2 is 2.00 bits per heavy atom. The third kappa shape index (κ3) is 3.59. The average molecular weight is 247 g/mol. The highest BCUT2D eigenvalue weighted by molar-refractivity contribution is 5.51. The van der Waals surface area contributed by atoms with Crippen LogP contribution < -0.4 is 10.2 Å². The van der Waals surface area contributed by atoms with E-state index in [1.54, 1.807) is 0 Å². The molecule has 1 rings (SSSR count). The summed E-state index contributed by atoms with van der Waals surface area (Å²) in [6.45, 7) is 9.68. The molecule has 0 aliphatic rings. The summed E-state index contributed by atoms with van der Waals surface area (Å²) in [5.41, 5.74) is -0.644. The normalized spacial score (nSPS) is 11.2. The van der Waals surface area contributed by atoms with Crippen molar-refractivity contribution in [1.82, 2.24) is 9.97 Å². The minimum absolute atomic E-state index is 0.358. The van der Waals surface area contributed by atoms with E-state index in [9.17, 15) is 0 Å². The van der Waals surface area contributed by atoms with Crippen LogP contribution in [0.5, 0.6) is 0 Å². The zero-order valence-electron chi connectivity index (χ0n) is 11.9. The first-order valence-electron chi connectivity index (χ1n) is 6.03. The zero-order chi connectivity index (χ0) is 13.9. The molecule has 0 aliphatic heterocycles. The molecule has 0 unspecified atom stereocenters. The third-order valence-corrected chi connectivity index (χ3v) is 2.68. The van der Waals surface area contributed by atoms with Gasteiger partial charge in [-0.25, -0.2) is 9.97 Å². The number of nitriles is 1. The number of hydrogen-bond acceptors (Lipinski definition) is 5. The second kappa shape index (κ2) is 5.21. The Kier molecular flexibility index (Phi) is 4.12. The molecule has 0 radical (unpaired) electrons. The van der Waals surface area contributed by atoms with Crippen LogP contribution in [0.1, 0.15) is 33.5 Å². The largest absolute Gasteiger partial charge is 0.357 e. The molecule has 0 aromatic carbocycles. The van der Waals surface area contributed by atoms with Crippen molar-refractivity contribution in [2.75, 3.05) is 17.3 Å². The number of hydrogen-bond donors (Lipinski definition) is 1. The number of anilines is 2. The lowest BCUT2D eigenvalue weighted by Gasteiger charge is -2.24. The van der Waals surface area contributed by atoms with E-state index >= 15 is 0 Å². The highest BCUT2D eigenvalue weighted by atomic mass is 15.2. The van der Waals surface area contributed by atoms with Gasteiger partial charge < -0.3 is 10.2 Å². The van der Waals surface area contributed by atoms with Gasteiger partial charge in [0.05, 0.1) is 6.07 Å². The van der Waals surface area contributed by atoms with E-state index in [0.717, 1.165) is 5.82 Å². The molecule has 0 spiro atoms. The van der Waals surface area contributed by atoms with Crippen LogP contribution in [0.3, 0.4) is 0 Å². The van der Waals surface area contributed by atoms with E-state index in [-0.39, 0.29) is 0 Å². The van der Waals surface area contributed by atoms with Gasteiger partial charge in [0.1, 0.15) is 23.0 Å². The van der Waals surface area contributed by atoms with Gasteiger partial charge in [-0.1, -0.05) is 0 Å². The molecule has 0 bridgehead atoms. The fourth-order valence-corrected chi connectivity index (χ4v) is 1.41. The van der Waals surface area contributed by atoms with Gasteiger partial charge >= 0.3 is 0 Å². The van der Waals surface area contributed by atoms with Crippen molar-refractivity contribution in [2.45, 2.75) is 46.2 Å². The maximum absolute atomic E-state index is 9.03. The van der Waals surface area contributed by atoms with E-state index in [1.807, 2.05) is 33.9 Å². The van der Waals surface area contributed by atoms with Crippen LogP contribution in [-0.4, -0.2) is 28.6 Å². The van der Waals surface area contributed by atoms with Gasteiger partial charge in [-0.2, -0.15) is 5.26 Å². The fourth-order valence-electron chi connectivity index (χ4n) is 1.41. The lowest BCUT2D eigenvalue weighted by molar-refractivity contribution is 0.716. The van der Waals surface area contributed by atoms with Gasteiger partial charge in [-0.15, -0.1) is 0 Å². The molecule has 98 valence electrons. The number of nitrogens with one attached hydrogen (secondary N) is 1. The third-order valence-electron chi connectivity index (χ3n) is 2.68. The number of rotatable bonds is 4. The van der Waals surface area contributed by atoms with Crippen LogP contribution in [0.15, 0.2) is 6.07 Å². The van der Waals surface area contributed by atoms with Crippen LogP contribution in [0.25, 0.3) is 0 Å². The van der Waals surface area contributed by atoms with E-state index in [2.05, 4.69) is 40.1 Å². The summed E-state index contributed by atoms with van der Waals surface area (Å²) in [5, 5.41) is 12.1. The Hall–Kier alpha value is -1.83. The monoisotopic (exact) mass is 247 g/mol. The Bertz CT molecular complexity index is 459. The van der Waals surface area contributed by atoms with Gasteiger partial charge in [-0.05, 0) is 34.6 Å². The van der Waals surface area contributed by atoms with E-state index in [0.29, 0.717) is 17.7 Å². The van der Waals surface area contributed by atoms with Crippen LogP contribution in [0.2, 0.25) is 0 Å². The second-order valence-electron chi connectivity index (χ2n) is 5.23. The van der Waals surface area contributed by atoms with Crippen LogP contribution >= 0.6 is 0 Å². The minimum Gasteiger partial charge on any atom is -0.357 e. The Morgan fingerprint density at radius 3 is 2.50 bits per heavy atom. The molecule has 1 N–H and O–H groups in total. The van der Waals surface area contributed by atoms with Crippen molar-refractivity contribution in [3.8, 4) is 6.07 Å². The summed E-state index contributed by atoms with van der Waals surface area (Å²) < 4.78 is 0. The lowest BCUT2D eigenvalue weighted by Crippen LogP contribution is -2.30. The first-order valence-corrected chi connectivity index (χ1v) is 6.03. The maximum Gasteiger partial charge on any atom is 0.134 e. The first kappa shape index (κ1) is 14.2. The summed E-state index contributed by atoms with van der Waals surface area (Å²) in [6.07, 6.45) is 0. The molecular weight excluding hydrogens is 226 g/mol. The van der Waals surface area contributed by atoms with Gasteiger partial charge in [0.2, 0.25) is 0 Å². The number of nitrogens with zero attached hydrogens (tertiary/aromatic N) is 4. The molecule has 5 heteroatoms. The van der Waals surface area contributed by atoms with Gasteiger partial charge in [-0.3, -0.25) is 0 Å². The molecule has 0 atom stereocenters. The fraction of sp³-hybridized carbons (Fsp3) is 0.615. The highest BCUT2D eigenvalue weighted by Crippen LogP contribution is 2.19. The van der Waals surface area contributed by atoms with Crippen molar-refractivity contribution < 1.29 is 0 Å². The smallest absolute Gasteiger partial charge is 0.134 e. The van der Waals surface area contributed by atoms with E-state index < -0.39 is 5.54 Å². The molecule has 1 aromatic heterocycles. The van der Waals surface area contributed by atoms with Crippen molar-refractivity contribution in [3.63, 3.8) is 0 Å². The lowest BCUT2D eigenvalue weighted by atomic mass is 10.1. The van der Waals surface area contributed by atoms with Gasteiger partial charge in [0, 0.05) is 19.2 Å². The highest BCUT2D eigenvalue weighted by Gasteiger charge is 2.18. The second-order valence-corrected chi connectivity index (χ2v) is 5.23. The summed E-state index contributed by atoms with van der Waals surface area (Å²) in [6, 6.07) is 4.42. The number of aryl methyl sites for hydroxylation is 1. The molecule has 0 aliphatic carbocycles. The summed E-state index contributed by atoms with van der Waals surface area (Å²) in [7, 11) is 1.99. The van der Waals surface area contributed by atoms with Gasteiger partial charge in [0.15, 0.2) is 0 Å². The maximum atomic E-state index is 9.03.